The summed E-state index contributed by atoms with van der Waals surface area (Å²) >= 11 is 4.34. The molecule has 0 saturated carbocycles. The Labute approximate surface area is 52.9 Å². The fourth-order valence-corrected chi connectivity index (χ4v) is 0. The first-order valence-corrected chi connectivity index (χ1v) is 3.71. The Morgan fingerprint density at radius 2 is 0.875 bits per heavy atom. The van der Waals surface area contributed by atoms with Crippen LogP contribution in [0.15, 0.2) is 0 Å². The van der Waals surface area contributed by atoms with E-state index >= 15 is 0 Å². The molecule has 6 nitrogen and oxygen atoms in total. The Hall–Kier alpha value is 0.267. The molecule has 0 unspecified atom stereocenters. The minimum Gasteiger partial charge on any atom is -0.378 e. The first kappa shape index (κ1) is 24.0. The molecule has 12 N–H and O–H groups in total. The minimum atomic E-state index is -4.14. The highest BCUT2D eigenvalue weighted by molar-refractivity contribution is 7.06. The lowest BCUT2D eigenvalue weighted by molar-refractivity contribution is 0.261. The molecular formula is H12ClN3O3Si. The van der Waals surface area contributed by atoms with Gasteiger partial charge in [0, 0.05) is 0 Å². The van der Waals surface area contributed by atoms with Crippen molar-refractivity contribution in [1.29, 1.82) is 0 Å². The summed E-state index contributed by atoms with van der Waals surface area (Å²) < 4.78 is 0. The van der Waals surface area contributed by atoms with Crippen LogP contribution in [0.1, 0.15) is 0 Å². The van der Waals surface area contributed by atoms with Crippen LogP contribution >= 0.6 is 11.1 Å². The van der Waals surface area contributed by atoms with Crippen LogP contribution < -0.4 is 18.5 Å². The van der Waals surface area contributed by atoms with Gasteiger partial charge in [-0.1, -0.05) is 11.1 Å². The summed E-state index contributed by atoms with van der Waals surface area (Å²) in [6.07, 6.45) is 0. The largest absolute Gasteiger partial charge is 0.605 e. The van der Waals surface area contributed by atoms with E-state index in [-0.39, 0.29) is 18.5 Å². The molecule has 0 heterocycles. The second-order valence-corrected chi connectivity index (χ2v) is 3.18. The van der Waals surface area contributed by atoms with Crippen LogP contribution in [0.3, 0.4) is 0 Å². The van der Waals surface area contributed by atoms with Crippen molar-refractivity contribution in [1.82, 2.24) is 18.5 Å². The van der Waals surface area contributed by atoms with Crippen molar-refractivity contribution < 1.29 is 14.4 Å². The van der Waals surface area contributed by atoms with E-state index in [2.05, 4.69) is 11.1 Å². The summed E-state index contributed by atoms with van der Waals surface area (Å²) in [6, 6.07) is 0. The molecule has 0 aliphatic heterocycles. The quantitative estimate of drug-likeness (QED) is 0.201. The predicted octanol–water partition coefficient (Wildman–Crippen LogP) is -0.876. The lowest BCUT2D eigenvalue weighted by Gasteiger charge is -1.90. The highest BCUT2D eigenvalue weighted by Gasteiger charge is 2.21. The maximum Gasteiger partial charge on any atom is 0.605 e. The first-order valence-electron chi connectivity index (χ1n) is 0.860. The highest BCUT2D eigenvalue weighted by atomic mass is 35.6. The van der Waals surface area contributed by atoms with Crippen molar-refractivity contribution >= 4 is 19.2 Å². The number of halogens is 1. The molecule has 8 heavy (non-hydrogen) atoms. The average molecular weight is 166 g/mol. The summed E-state index contributed by atoms with van der Waals surface area (Å²) in [5, 5.41) is 0. The molecular weight excluding hydrogens is 154 g/mol. The molecule has 8 heteroatoms. The summed E-state index contributed by atoms with van der Waals surface area (Å²) in [5.41, 5.74) is 0. The summed E-state index contributed by atoms with van der Waals surface area (Å²) in [7, 11) is -4.14. The molecule has 0 amide bonds. The van der Waals surface area contributed by atoms with Gasteiger partial charge in [-0.15, -0.1) is 0 Å². The molecule has 0 atom stereocenters. The monoisotopic (exact) mass is 165 g/mol. The van der Waals surface area contributed by atoms with Gasteiger partial charge in [0.1, 0.15) is 0 Å². The van der Waals surface area contributed by atoms with Gasteiger partial charge in [-0.25, -0.2) is 0 Å². The van der Waals surface area contributed by atoms with E-state index in [0.717, 1.165) is 0 Å². The SMILES string of the molecule is N.N.N.O[Si](O)(O)Cl. The van der Waals surface area contributed by atoms with Crippen molar-refractivity contribution in [3.8, 4) is 0 Å². The first-order chi connectivity index (χ1) is 2.00. The molecule has 0 aromatic rings. The Bertz CT molecular complexity index is 30.0. The van der Waals surface area contributed by atoms with Gasteiger partial charge in [-0.05, 0) is 0 Å². The van der Waals surface area contributed by atoms with Crippen LogP contribution in [0.5, 0.6) is 0 Å². The van der Waals surface area contributed by atoms with E-state index in [1.54, 1.807) is 0 Å². The fourth-order valence-electron chi connectivity index (χ4n) is 0. The molecule has 0 spiro atoms. The van der Waals surface area contributed by atoms with Crippen LogP contribution in [-0.4, -0.2) is 22.5 Å². The van der Waals surface area contributed by atoms with E-state index < -0.39 is 8.11 Å². The molecule has 0 rings (SSSR count). The third-order valence-corrected chi connectivity index (χ3v) is 0. The molecule has 56 valence electrons. The van der Waals surface area contributed by atoms with Crippen LogP contribution in [0.4, 0.5) is 0 Å². The zero-order valence-corrected chi connectivity index (χ0v) is 6.10. The van der Waals surface area contributed by atoms with Gasteiger partial charge in [-0.2, -0.15) is 0 Å². The van der Waals surface area contributed by atoms with Gasteiger partial charge >= 0.3 is 8.11 Å². The van der Waals surface area contributed by atoms with Crippen LogP contribution in [0.25, 0.3) is 0 Å². The van der Waals surface area contributed by atoms with Gasteiger partial charge in [0.05, 0.1) is 0 Å². The number of rotatable bonds is 0. The standard InChI is InChI=1S/ClH3O3Si.3H3N/c1-5(2,3)4;;;/h2-4H;3*1H3. The molecule has 0 saturated heterocycles. The third-order valence-electron chi connectivity index (χ3n) is 0. The zero-order chi connectivity index (χ0) is 4.50. The van der Waals surface area contributed by atoms with E-state index in [1.807, 2.05) is 0 Å². The fraction of sp³-hybridized carbons (Fsp3) is 0. The lowest BCUT2D eigenvalue weighted by Crippen LogP contribution is -2.25. The summed E-state index contributed by atoms with van der Waals surface area (Å²) in [4.78, 5) is 22.6. The smallest absolute Gasteiger partial charge is 0.378 e. The van der Waals surface area contributed by atoms with Crippen LogP contribution in [-0.2, 0) is 0 Å². The minimum absolute atomic E-state index is 0. The normalized spacial score (nSPS) is 7.50. The van der Waals surface area contributed by atoms with Gasteiger partial charge in [0.25, 0.3) is 0 Å². The number of hydrogen-bond donors (Lipinski definition) is 6. The maximum atomic E-state index is 7.54. The van der Waals surface area contributed by atoms with Gasteiger partial charge in [0.15, 0.2) is 0 Å². The van der Waals surface area contributed by atoms with E-state index in [9.17, 15) is 0 Å². The van der Waals surface area contributed by atoms with Gasteiger partial charge < -0.3 is 32.8 Å². The lowest BCUT2D eigenvalue weighted by atomic mass is 14.0. The number of hydrogen-bond acceptors (Lipinski definition) is 6. The molecule has 0 radical (unpaired) electrons. The summed E-state index contributed by atoms with van der Waals surface area (Å²) in [5.74, 6) is 0. The highest BCUT2D eigenvalue weighted by Crippen LogP contribution is 1.87. The zero-order valence-electron chi connectivity index (χ0n) is 4.34. The van der Waals surface area contributed by atoms with Crippen molar-refractivity contribution in [2.75, 3.05) is 0 Å². The third kappa shape index (κ3) is 2440. The molecule has 0 aliphatic carbocycles. The van der Waals surface area contributed by atoms with E-state index in [1.165, 1.54) is 0 Å². The maximum absolute atomic E-state index is 7.54. The Morgan fingerprint density at radius 3 is 0.875 bits per heavy atom. The molecule has 0 aromatic heterocycles. The van der Waals surface area contributed by atoms with Crippen molar-refractivity contribution in [3.05, 3.63) is 0 Å². The van der Waals surface area contributed by atoms with Crippen LogP contribution in [0.2, 0.25) is 0 Å². The average Bonchev–Trinajstić information content (AvgIpc) is 0.722. The van der Waals surface area contributed by atoms with Gasteiger partial charge in [0.2, 0.25) is 0 Å². The molecule has 0 bridgehead atoms. The molecule has 0 aliphatic rings. The van der Waals surface area contributed by atoms with Crippen molar-refractivity contribution in [2.24, 2.45) is 0 Å². The second kappa shape index (κ2) is 7.27. The Kier molecular flexibility index (Phi) is 21.8. The molecule has 0 fully saturated rings. The van der Waals surface area contributed by atoms with Crippen molar-refractivity contribution in [3.63, 3.8) is 0 Å². The van der Waals surface area contributed by atoms with Crippen LogP contribution in [0, 0.1) is 0 Å². The van der Waals surface area contributed by atoms with Crippen molar-refractivity contribution in [2.45, 2.75) is 0 Å². The van der Waals surface area contributed by atoms with E-state index in [4.69, 9.17) is 14.4 Å². The van der Waals surface area contributed by atoms with Gasteiger partial charge in [-0.3, -0.25) is 0 Å². The predicted molar refractivity (Wildman–Crippen MR) is 33.3 cm³/mol. The Morgan fingerprint density at radius 1 is 0.875 bits per heavy atom. The topological polar surface area (TPSA) is 166 Å². The molecule has 0 aromatic carbocycles. The Balaban J connectivity index is -0.0000000267. The van der Waals surface area contributed by atoms with E-state index in [0.29, 0.717) is 0 Å². The summed E-state index contributed by atoms with van der Waals surface area (Å²) in [6.45, 7) is 0. The second-order valence-electron chi connectivity index (χ2n) is 0.554.